The van der Waals surface area contributed by atoms with Crippen LogP contribution in [0.3, 0.4) is 0 Å². The molecule has 0 saturated carbocycles. The highest BCUT2D eigenvalue weighted by molar-refractivity contribution is 6.30. The van der Waals surface area contributed by atoms with Crippen LogP contribution in [0.5, 0.6) is 5.75 Å². The summed E-state index contributed by atoms with van der Waals surface area (Å²) < 4.78 is 5.52. The summed E-state index contributed by atoms with van der Waals surface area (Å²) in [4.78, 5) is 11.5. The number of amides is 1. The second-order valence-electron chi connectivity index (χ2n) is 4.49. The molecule has 0 saturated heterocycles. The minimum Gasteiger partial charge on any atom is -0.491 e. The number of nitrogens with one attached hydrogen (secondary N) is 1. The molecule has 0 radical (unpaired) electrons. The van der Waals surface area contributed by atoms with E-state index in [2.05, 4.69) is 5.32 Å². The smallest absolute Gasteiger partial charge is 0.251 e. The molecule has 110 valence electrons. The van der Waals surface area contributed by atoms with Crippen LogP contribution in [0.15, 0.2) is 48.5 Å². The number of rotatable bonds is 5. The molecule has 0 heterocycles. The number of hydrogen-bond acceptors (Lipinski definition) is 3. The number of hydrogen-bond donors (Lipinski definition) is 2. The Kier molecular flexibility index (Phi) is 5.20. The third kappa shape index (κ3) is 4.21. The molecule has 21 heavy (non-hydrogen) atoms. The Labute approximate surface area is 128 Å². The predicted molar refractivity (Wildman–Crippen MR) is 81.7 cm³/mol. The van der Waals surface area contributed by atoms with E-state index in [0.717, 1.165) is 0 Å². The van der Waals surface area contributed by atoms with E-state index in [9.17, 15) is 9.90 Å². The molecule has 1 unspecified atom stereocenters. The van der Waals surface area contributed by atoms with E-state index < -0.39 is 6.10 Å². The van der Waals surface area contributed by atoms with Gasteiger partial charge in [0.15, 0.2) is 0 Å². The molecular formula is C16H16ClNO3. The van der Waals surface area contributed by atoms with Crippen molar-refractivity contribution in [1.82, 2.24) is 5.32 Å². The van der Waals surface area contributed by atoms with Crippen molar-refractivity contribution in [3.05, 3.63) is 64.7 Å². The maximum absolute atomic E-state index is 11.5. The second-order valence-corrected chi connectivity index (χ2v) is 4.93. The van der Waals surface area contributed by atoms with Gasteiger partial charge in [-0.05, 0) is 35.9 Å². The Morgan fingerprint density at radius 1 is 1.29 bits per heavy atom. The van der Waals surface area contributed by atoms with Gasteiger partial charge < -0.3 is 15.2 Å². The van der Waals surface area contributed by atoms with E-state index in [-0.39, 0.29) is 12.5 Å². The van der Waals surface area contributed by atoms with Crippen LogP contribution >= 0.6 is 11.6 Å². The number of ether oxygens (including phenoxy) is 1. The van der Waals surface area contributed by atoms with Gasteiger partial charge in [0.05, 0.1) is 0 Å². The molecule has 0 aliphatic carbocycles. The average Bonchev–Trinajstić information content (AvgIpc) is 2.52. The molecule has 0 spiro atoms. The van der Waals surface area contributed by atoms with Crippen LogP contribution < -0.4 is 10.1 Å². The topological polar surface area (TPSA) is 58.6 Å². The minimum absolute atomic E-state index is 0.0809. The largest absolute Gasteiger partial charge is 0.491 e. The first-order chi connectivity index (χ1) is 10.1. The van der Waals surface area contributed by atoms with E-state index in [1.807, 2.05) is 0 Å². The molecule has 0 aliphatic rings. The van der Waals surface area contributed by atoms with Gasteiger partial charge in [-0.3, -0.25) is 4.79 Å². The average molecular weight is 306 g/mol. The Hall–Kier alpha value is -2.04. The number of halogens is 1. The van der Waals surface area contributed by atoms with Gasteiger partial charge >= 0.3 is 0 Å². The maximum Gasteiger partial charge on any atom is 0.251 e. The lowest BCUT2D eigenvalue weighted by atomic mass is 10.1. The highest BCUT2D eigenvalue weighted by Crippen LogP contribution is 2.20. The predicted octanol–water partition coefficient (Wildman–Crippen LogP) is 2.81. The Morgan fingerprint density at radius 3 is 2.76 bits per heavy atom. The summed E-state index contributed by atoms with van der Waals surface area (Å²) in [5.41, 5.74) is 1.19. The normalized spacial score (nSPS) is 11.8. The first-order valence-corrected chi connectivity index (χ1v) is 6.86. The Morgan fingerprint density at radius 2 is 2.05 bits per heavy atom. The van der Waals surface area contributed by atoms with Crippen molar-refractivity contribution < 1.29 is 14.6 Å². The molecule has 0 fully saturated rings. The van der Waals surface area contributed by atoms with Crippen molar-refractivity contribution in [2.75, 3.05) is 13.7 Å². The number of carbonyl (C=O) groups is 1. The van der Waals surface area contributed by atoms with Crippen LogP contribution in [-0.4, -0.2) is 24.7 Å². The van der Waals surface area contributed by atoms with Gasteiger partial charge in [-0.1, -0.05) is 29.8 Å². The van der Waals surface area contributed by atoms with Gasteiger partial charge in [0.2, 0.25) is 0 Å². The van der Waals surface area contributed by atoms with E-state index in [1.54, 1.807) is 55.6 Å². The van der Waals surface area contributed by atoms with Crippen LogP contribution in [0, 0.1) is 0 Å². The molecule has 2 rings (SSSR count). The molecule has 5 heteroatoms. The molecule has 0 bridgehead atoms. The number of aliphatic hydroxyl groups is 1. The third-order valence-electron chi connectivity index (χ3n) is 2.96. The van der Waals surface area contributed by atoms with Gasteiger partial charge in [0.1, 0.15) is 18.5 Å². The zero-order valence-corrected chi connectivity index (χ0v) is 12.3. The van der Waals surface area contributed by atoms with Crippen molar-refractivity contribution in [1.29, 1.82) is 0 Å². The van der Waals surface area contributed by atoms with Crippen molar-refractivity contribution in [2.24, 2.45) is 0 Å². The molecule has 2 aromatic carbocycles. The van der Waals surface area contributed by atoms with Crippen LogP contribution in [0.25, 0.3) is 0 Å². The lowest BCUT2D eigenvalue weighted by Gasteiger charge is -2.13. The number of benzene rings is 2. The van der Waals surface area contributed by atoms with Crippen LogP contribution in [0.1, 0.15) is 22.0 Å². The standard InChI is InChI=1S/C16H16ClNO3/c1-18-16(20)12-5-3-7-14(9-12)21-10-15(19)11-4-2-6-13(17)8-11/h2-9,15,19H,10H2,1H3,(H,18,20). The first kappa shape index (κ1) is 15.4. The van der Waals surface area contributed by atoms with Gasteiger partial charge in [-0.15, -0.1) is 0 Å². The van der Waals surface area contributed by atoms with Gasteiger partial charge in [-0.25, -0.2) is 0 Å². The highest BCUT2D eigenvalue weighted by atomic mass is 35.5. The maximum atomic E-state index is 11.5. The number of carbonyl (C=O) groups excluding carboxylic acids is 1. The molecule has 4 nitrogen and oxygen atoms in total. The summed E-state index contributed by atoms with van der Waals surface area (Å²) in [6.07, 6.45) is -0.785. The lowest BCUT2D eigenvalue weighted by molar-refractivity contribution is 0.0961. The van der Waals surface area contributed by atoms with E-state index in [0.29, 0.717) is 21.9 Å². The quantitative estimate of drug-likeness (QED) is 0.893. The number of aliphatic hydroxyl groups excluding tert-OH is 1. The van der Waals surface area contributed by atoms with Crippen molar-refractivity contribution in [3.63, 3.8) is 0 Å². The van der Waals surface area contributed by atoms with Crippen molar-refractivity contribution in [2.45, 2.75) is 6.10 Å². The van der Waals surface area contributed by atoms with E-state index in [4.69, 9.17) is 16.3 Å². The van der Waals surface area contributed by atoms with E-state index in [1.165, 1.54) is 0 Å². The fourth-order valence-corrected chi connectivity index (χ4v) is 2.06. The van der Waals surface area contributed by atoms with Crippen LogP contribution in [0.2, 0.25) is 5.02 Å². The Bertz CT molecular complexity index is 630. The lowest BCUT2D eigenvalue weighted by Crippen LogP contribution is -2.17. The summed E-state index contributed by atoms with van der Waals surface area (Å²) in [6, 6.07) is 13.8. The van der Waals surface area contributed by atoms with Crippen molar-refractivity contribution >= 4 is 17.5 Å². The van der Waals surface area contributed by atoms with Gasteiger partial charge in [0, 0.05) is 17.6 Å². The summed E-state index contributed by atoms with van der Waals surface area (Å²) in [5.74, 6) is 0.341. The molecule has 1 amide bonds. The van der Waals surface area contributed by atoms with Gasteiger partial charge in [-0.2, -0.15) is 0 Å². The van der Waals surface area contributed by atoms with Crippen molar-refractivity contribution in [3.8, 4) is 5.75 Å². The summed E-state index contributed by atoms with van der Waals surface area (Å²) in [7, 11) is 1.57. The summed E-state index contributed by atoms with van der Waals surface area (Å²) in [6.45, 7) is 0.0809. The fraction of sp³-hybridized carbons (Fsp3) is 0.188. The molecule has 2 N–H and O–H groups in total. The Balaban J connectivity index is 2.01. The summed E-state index contributed by atoms with van der Waals surface area (Å²) >= 11 is 5.88. The summed E-state index contributed by atoms with van der Waals surface area (Å²) in [5, 5.41) is 13.2. The van der Waals surface area contributed by atoms with Gasteiger partial charge in [0.25, 0.3) is 5.91 Å². The zero-order chi connectivity index (χ0) is 15.2. The SMILES string of the molecule is CNC(=O)c1cccc(OCC(O)c2cccc(Cl)c2)c1. The monoisotopic (exact) mass is 305 g/mol. The second kappa shape index (κ2) is 7.11. The van der Waals surface area contributed by atoms with Crippen LogP contribution in [0.4, 0.5) is 0 Å². The third-order valence-corrected chi connectivity index (χ3v) is 3.20. The van der Waals surface area contributed by atoms with E-state index >= 15 is 0 Å². The fourth-order valence-electron chi connectivity index (χ4n) is 1.86. The zero-order valence-electron chi connectivity index (χ0n) is 11.5. The molecule has 2 aromatic rings. The van der Waals surface area contributed by atoms with Crippen LogP contribution in [-0.2, 0) is 0 Å². The minimum atomic E-state index is -0.785. The molecule has 0 aliphatic heterocycles. The molecule has 1 atom stereocenters. The molecular weight excluding hydrogens is 290 g/mol. The highest BCUT2D eigenvalue weighted by Gasteiger charge is 2.10. The molecule has 0 aromatic heterocycles. The first-order valence-electron chi connectivity index (χ1n) is 6.48.